The number of hydrogen-bond acceptors (Lipinski definition) is 6. The van der Waals surface area contributed by atoms with Gasteiger partial charge in [-0.05, 0) is 12.0 Å². The molecule has 0 aliphatic carbocycles. The second-order valence-electron chi connectivity index (χ2n) is 5.82. The smallest absolute Gasteiger partial charge is 0.247 e. The SMILES string of the molecule is COc1ccccc1CC(=O)N(NCC(C)C)c1ccnc(C#N)n1. The summed E-state index contributed by atoms with van der Waals surface area (Å²) in [5.74, 6) is 1.14. The quantitative estimate of drug-likeness (QED) is 0.777. The van der Waals surface area contributed by atoms with E-state index >= 15 is 0 Å². The number of methoxy groups -OCH3 is 1. The van der Waals surface area contributed by atoms with E-state index in [9.17, 15) is 4.79 Å². The first-order valence-corrected chi connectivity index (χ1v) is 7.96. The molecular formula is C18H21N5O2. The van der Waals surface area contributed by atoms with Crippen LogP contribution >= 0.6 is 0 Å². The van der Waals surface area contributed by atoms with Gasteiger partial charge in [-0.25, -0.2) is 15.4 Å². The maximum atomic E-state index is 12.9. The molecule has 0 saturated carbocycles. The number of aromatic nitrogens is 2. The number of nitrogens with one attached hydrogen (secondary N) is 1. The molecule has 0 aliphatic heterocycles. The number of benzene rings is 1. The molecular weight excluding hydrogens is 318 g/mol. The lowest BCUT2D eigenvalue weighted by Gasteiger charge is -2.24. The highest BCUT2D eigenvalue weighted by atomic mass is 16.5. The van der Waals surface area contributed by atoms with Crippen molar-refractivity contribution in [2.75, 3.05) is 18.7 Å². The van der Waals surface area contributed by atoms with Gasteiger partial charge in [0.25, 0.3) is 0 Å². The van der Waals surface area contributed by atoms with Crippen molar-refractivity contribution in [2.45, 2.75) is 20.3 Å². The van der Waals surface area contributed by atoms with Gasteiger partial charge in [0.1, 0.15) is 11.8 Å². The van der Waals surface area contributed by atoms with Crippen LogP contribution in [0.3, 0.4) is 0 Å². The minimum Gasteiger partial charge on any atom is -0.496 e. The van der Waals surface area contributed by atoms with Crippen LogP contribution in [0.5, 0.6) is 5.75 Å². The standard InChI is InChI=1S/C18H21N5O2/c1-13(2)12-21-23(17-8-9-20-16(11-19)22-17)18(24)10-14-6-4-5-7-15(14)25-3/h4-9,13,21H,10,12H2,1-3H3. The van der Waals surface area contributed by atoms with Gasteiger partial charge in [-0.15, -0.1) is 0 Å². The van der Waals surface area contributed by atoms with E-state index < -0.39 is 0 Å². The monoisotopic (exact) mass is 339 g/mol. The van der Waals surface area contributed by atoms with Crippen molar-refractivity contribution in [1.82, 2.24) is 15.4 Å². The summed E-state index contributed by atoms with van der Waals surface area (Å²) in [6.07, 6.45) is 1.60. The number of carbonyl (C=O) groups is 1. The van der Waals surface area contributed by atoms with Crippen molar-refractivity contribution in [2.24, 2.45) is 5.92 Å². The topological polar surface area (TPSA) is 91.1 Å². The number of ether oxygens (including phenoxy) is 1. The van der Waals surface area contributed by atoms with Crippen LogP contribution in [-0.2, 0) is 11.2 Å². The highest BCUT2D eigenvalue weighted by molar-refractivity contribution is 5.93. The third kappa shape index (κ3) is 4.99. The zero-order valence-electron chi connectivity index (χ0n) is 14.6. The number of hydrazine groups is 1. The van der Waals surface area contributed by atoms with Crippen molar-refractivity contribution in [3.05, 3.63) is 47.9 Å². The van der Waals surface area contributed by atoms with Crippen LogP contribution in [0.1, 0.15) is 25.2 Å². The number of carbonyl (C=O) groups excluding carboxylic acids is 1. The minimum absolute atomic E-state index is 0.0129. The van der Waals surface area contributed by atoms with Gasteiger partial charge in [0, 0.05) is 24.4 Å². The molecule has 0 fully saturated rings. The fourth-order valence-corrected chi connectivity index (χ4v) is 2.19. The Morgan fingerprint density at radius 3 is 2.80 bits per heavy atom. The first kappa shape index (κ1) is 18.4. The largest absolute Gasteiger partial charge is 0.496 e. The van der Waals surface area contributed by atoms with E-state index in [2.05, 4.69) is 15.4 Å². The molecule has 0 bridgehead atoms. The predicted octanol–water partition coefficient (Wildman–Crippen LogP) is 2.09. The van der Waals surface area contributed by atoms with Gasteiger partial charge in [0.2, 0.25) is 11.7 Å². The second-order valence-corrected chi connectivity index (χ2v) is 5.82. The Morgan fingerprint density at radius 1 is 1.36 bits per heavy atom. The lowest BCUT2D eigenvalue weighted by Crippen LogP contribution is -2.46. The molecule has 2 aromatic rings. The summed E-state index contributed by atoms with van der Waals surface area (Å²) in [6, 6.07) is 10.8. The molecule has 0 radical (unpaired) electrons. The first-order chi connectivity index (χ1) is 12.0. The summed E-state index contributed by atoms with van der Waals surface area (Å²) in [6.45, 7) is 4.66. The summed E-state index contributed by atoms with van der Waals surface area (Å²) in [5, 5.41) is 10.4. The third-order valence-corrected chi connectivity index (χ3v) is 3.41. The van der Waals surface area contributed by atoms with Crippen LogP contribution in [-0.4, -0.2) is 29.5 Å². The van der Waals surface area contributed by atoms with E-state index in [1.54, 1.807) is 13.2 Å². The van der Waals surface area contributed by atoms with Crippen LogP contribution in [0, 0.1) is 17.2 Å². The molecule has 0 atom stereocenters. The molecule has 1 aromatic heterocycles. The first-order valence-electron chi connectivity index (χ1n) is 7.96. The van der Waals surface area contributed by atoms with Gasteiger partial charge in [-0.2, -0.15) is 10.2 Å². The summed E-state index contributed by atoms with van der Waals surface area (Å²) in [5.41, 5.74) is 3.87. The van der Waals surface area contributed by atoms with Crippen LogP contribution in [0.25, 0.3) is 0 Å². The number of hydrogen-bond donors (Lipinski definition) is 1. The summed E-state index contributed by atoms with van der Waals surface area (Å²) in [4.78, 5) is 20.8. The summed E-state index contributed by atoms with van der Waals surface area (Å²) < 4.78 is 5.31. The Kier molecular flexibility index (Phi) is 6.43. The Bertz CT molecular complexity index is 770. The normalized spacial score (nSPS) is 10.4. The van der Waals surface area contributed by atoms with Crippen LogP contribution < -0.4 is 15.2 Å². The molecule has 130 valence electrons. The van der Waals surface area contributed by atoms with Gasteiger partial charge < -0.3 is 4.74 Å². The highest BCUT2D eigenvalue weighted by Gasteiger charge is 2.20. The van der Waals surface area contributed by atoms with E-state index in [0.717, 1.165) is 5.56 Å². The van der Waals surface area contributed by atoms with Crippen molar-refractivity contribution >= 4 is 11.7 Å². The van der Waals surface area contributed by atoms with E-state index in [-0.39, 0.29) is 18.2 Å². The Balaban J connectivity index is 2.27. The van der Waals surface area contributed by atoms with E-state index in [1.165, 1.54) is 11.2 Å². The molecule has 0 unspecified atom stereocenters. The van der Waals surface area contributed by atoms with Gasteiger partial charge in [0.15, 0.2) is 5.82 Å². The Hall–Kier alpha value is -2.98. The van der Waals surface area contributed by atoms with Gasteiger partial charge >= 0.3 is 0 Å². The number of anilines is 1. The molecule has 0 aliphatic rings. The average Bonchev–Trinajstić information content (AvgIpc) is 2.62. The lowest BCUT2D eigenvalue weighted by molar-refractivity contribution is -0.118. The molecule has 2 rings (SSSR count). The van der Waals surface area contributed by atoms with Crippen LogP contribution in [0.4, 0.5) is 5.82 Å². The average molecular weight is 339 g/mol. The van der Waals surface area contributed by atoms with Crippen molar-refractivity contribution in [3.63, 3.8) is 0 Å². The number of amides is 1. The molecule has 7 nitrogen and oxygen atoms in total. The fourth-order valence-electron chi connectivity index (χ4n) is 2.19. The number of nitrogens with zero attached hydrogens (tertiary/aromatic N) is 4. The van der Waals surface area contributed by atoms with Gasteiger partial charge in [-0.3, -0.25) is 4.79 Å². The third-order valence-electron chi connectivity index (χ3n) is 3.41. The molecule has 1 aromatic carbocycles. The minimum atomic E-state index is -0.201. The maximum absolute atomic E-state index is 12.9. The Morgan fingerprint density at radius 2 is 2.12 bits per heavy atom. The number of para-hydroxylation sites is 1. The second kappa shape index (κ2) is 8.76. The summed E-state index contributed by atoms with van der Waals surface area (Å²) >= 11 is 0. The summed E-state index contributed by atoms with van der Waals surface area (Å²) in [7, 11) is 1.57. The molecule has 1 heterocycles. The molecule has 1 amide bonds. The lowest BCUT2D eigenvalue weighted by atomic mass is 10.1. The Labute approximate surface area is 147 Å². The van der Waals surface area contributed by atoms with Crippen molar-refractivity contribution in [1.29, 1.82) is 5.26 Å². The van der Waals surface area contributed by atoms with E-state index in [0.29, 0.717) is 24.0 Å². The maximum Gasteiger partial charge on any atom is 0.247 e. The predicted molar refractivity (Wildman–Crippen MR) is 93.8 cm³/mol. The molecule has 1 N–H and O–H groups in total. The highest BCUT2D eigenvalue weighted by Crippen LogP contribution is 2.19. The van der Waals surface area contributed by atoms with Gasteiger partial charge in [-0.1, -0.05) is 32.0 Å². The zero-order valence-corrected chi connectivity index (χ0v) is 14.6. The van der Waals surface area contributed by atoms with Gasteiger partial charge in [0.05, 0.1) is 13.5 Å². The van der Waals surface area contributed by atoms with Crippen LogP contribution in [0.2, 0.25) is 0 Å². The van der Waals surface area contributed by atoms with E-state index in [1.807, 2.05) is 44.2 Å². The van der Waals surface area contributed by atoms with E-state index in [4.69, 9.17) is 10.00 Å². The molecule has 7 heteroatoms. The zero-order chi connectivity index (χ0) is 18.2. The number of rotatable bonds is 7. The molecule has 0 saturated heterocycles. The molecule has 0 spiro atoms. The van der Waals surface area contributed by atoms with Crippen molar-refractivity contribution < 1.29 is 9.53 Å². The van der Waals surface area contributed by atoms with Crippen molar-refractivity contribution in [3.8, 4) is 11.8 Å². The van der Waals surface area contributed by atoms with Crippen LogP contribution in [0.15, 0.2) is 36.5 Å². The fraction of sp³-hybridized carbons (Fsp3) is 0.333. The number of nitriles is 1. The molecule has 25 heavy (non-hydrogen) atoms.